The van der Waals surface area contributed by atoms with Crippen LogP contribution in [0.1, 0.15) is 51.0 Å². The van der Waals surface area contributed by atoms with E-state index in [4.69, 9.17) is 0 Å². The Labute approximate surface area is 189 Å². The van der Waals surface area contributed by atoms with Crippen LogP contribution >= 0.6 is 0 Å². The van der Waals surface area contributed by atoms with Gasteiger partial charge in [0.25, 0.3) is 0 Å². The SMILES string of the molecule is CC(=O)CC1(O)CCCCC1.Cc1ccc2c3cccc4cccc(c5cccc1c52)c43. The third kappa shape index (κ3) is 3.63. The lowest BCUT2D eigenvalue weighted by Crippen LogP contribution is -2.33. The predicted molar refractivity (Wildman–Crippen MR) is 136 cm³/mol. The first kappa shape index (κ1) is 20.9. The number of ketones is 1. The summed E-state index contributed by atoms with van der Waals surface area (Å²) < 4.78 is 0. The quantitative estimate of drug-likeness (QED) is 0.234. The normalized spacial score (nSPS) is 15.8. The van der Waals surface area contributed by atoms with Crippen LogP contribution in [0.25, 0.3) is 43.1 Å². The molecule has 2 heteroatoms. The highest BCUT2D eigenvalue weighted by Crippen LogP contribution is 2.40. The van der Waals surface area contributed by atoms with Gasteiger partial charge in [-0.3, -0.25) is 4.79 Å². The summed E-state index contributed by atoms with van der Waals surface area (Å²) in [7, 11) is 0. The smallest absolute Gasteiger partial charge is 0.132 e. The van der Waals surface area contributed by atoms with Crippen molar-refractivity contribution in [3.05, 3.63) is 72.3 Å². The van der Waals surface area contributed by atoms with Gasteiger partial charge in [-0.15, -0.1) is 0 Å². The molecule has 1 fully saturated rings. The van der Waals surface area contributed by atoms with Crippen LogP contribution in [0.5, 0.6) is 0 Å². The van der Waals surface area contributed by atoms with E-state index < -0.39 is 5.60 Å². The largest absolute Gasteiger partial charge is 0.389 e. The highest BCUT2D eigenvalue weighted by Gasteiger charge is 2.30. The standard InChI is InChI=1S/C21H14.C9H16O2/c1-13-11-12-19-17-9-3-6-14-5-2-8-16(20(14)17)18-10-4-7-15(13)21(18)19;1-8(10)7-9(11)5-3-2-4-6-9/h2-12H,1H3;11H,2-7H2,1H3. The van der Waals surface area contributed by atoms with Crippen LogP contribution in [0.15, 0.2) is 66.7 Å². The maximum absolute atomic E-state index is 10.8. The van der Waals surface area contributed by atoms with Crippen molar-refractivity contribution >= 4 is 48.9 Å². The van der Waals surface area contributed by atoms with Crippen molar-refractivity contribution in [1.29, 1.82) is 0 Å². The maximum atomic E-state index is 10.8. The number of carbonyl (C=O) groups excluding carboxylic acids is 1. The topological polar surface area (TPSA) is 37.3 Å². The fraction of sp³-hybridized carbons (Fsp3) is 0.300. The van der Waals surface area contributed by atoms with Crippen molar-refractivity contribution in [2.75, 3.05) is 0 Å². The summed E-state index contributed by atoms with van der Waals surface area (Å²) >= 11 is 0. The van der Waals surface area contributed by atoms with Gasteiger partial charge in [0.1, 0.15) is 5.78 Å². The Morgan fingerprint density at radius 3 is 1.91 bits per heavy atom. The van der Waals surface area contributed by atoms with E-state index >= 15 is 0 Å². The average Bonchev–Trinajstić information content (AvgIpc) is 2.78. The number of hydrogen-bond acceptors (Lipinski definition) is 2. The van der Waals surface area contributed by atoms with Crippen molar-refractivity contribution in [3.8, 4) is 0 Å². The van der Waals surface area contributed by atoms with E-state index in [2.05, 4.69) is 73.7 Å². The first-order valence-electron chi connectivity index (χ1n) is 11.7. The molecule has 2 nitrogen and oxygen atoms in total. The molecule has 0 unspecified atom stereocenters. The van der Waals surface area contributed by atoms with Crippen LogP contribution in [-0.2, 0) is 4.79 Å². The Kier molecular flexibility index (Phi) is 5.35. The summed E-state index contributed by atoms with van der Waals surface area (Å²) in [5.41, 5.74) is 0.700. The van der Waals surface area contributed by atoms with Gasteiger partial charge in [-0.2, -0.15) is 0 Å². The Morgan fingerprint density at radius 2 is 1.28 bits per heavy atom. The van der Waals surface area contributed by atoms with Crippen LogP contribution in [0.4, 0.5) is 0 Å². The number of benzene rings is 5. The number of fused-ring (bicyclic) bond motifs is 2. The molecule has 0 bridgehead atoms. The molecule has 0 spiro atoms. The first-order valence-corrected chi connectivity index (χ1v) is 11.7. The van der Waals surface area contributed by atoms with Gasteiger partial charge in [0.05, 0.1) is 5.60 Å². The lowest BCUT2D eigenvalue weighted by atomic mass is 9.82. The van der Waals surface area contributed by atoms with E-state index in [0.29, 0.717) is 6.42 Å². The Bertz CT molecular complexity index is 1370. The second-order valence-electron chi connectivity index (χ2n) is 9.53. The lowest BCUT2D eigenvalue weighted by molar-refractivity contribution is -0.123. The molecular formula is C30H30O2. The number of aryl methyl sites for hydroxylation is 1. The van der Waals surface area contributed by atoms with Gasteiger partial charge in [-0.25, -0.2) is 0 Å². The van der Waals surface area contributed by atoms with E-state index in [1.807, 2.05) is 0 Å². The number of aliphatic hydroxyl groups is 1. The molecule has 6 rings (SSSR count). The Morgan fingerprint density at radius 1 is 0.750 bits per heavy atom. The molecule has 0 atom stereocenters. The van der Waals surface area contributed by atoms with Crippen LogP contribution in [0.3, 0.4) is 0 Å². The van der Waals surface area contributed by atoms with E-state index in [-0.39, 0.29) is 5.78 Å². The summed E-state index contributed by atoms with van der Waals surface area (Å²) in [6.07, 6.45) is 5.33. The maximum Gasteiger partial charge on any atom is 0.132 e. The summed E-state index contributed by atoms with van der Waals surface area (Å²) in [5, 5.41) is 20.8. The summed E-state index contributed by atoms with van der Waals surface area (Å²) in [6.45, 7) is 3.75. The van der Waals surface area contributed by atoms with E-state index in [1.165, 1.54) is 55.1 Å². The second-order valence-corrected chi connectivity index (χ2v) is 9.53. The Hall–Kier alpha value is -2.97. The zero-order valence-corrected chi connectivity index (χ0v) is 18.9. The van der Waals surface area contributed by atoms with Gasteiger partial charge in [0, 0.05) is 6.42 Å². The molecule has 5 aromatic rings. The second kappa shape index (κ2) is 8.18. The first-order chi connectivity index (χ1) is 15.5. The fourth-order valence-electron chi connectivity index (χ4n) is 5.64. The van der Waals surface area contributed by atoms with Crippen LogP contribution in [0.2, 0.25) is 0 Å². The van der Waals surface area contributed by atoms with Crippen molar-refractivity contribution in [1.82, 2.24) is 0 Å². The minimum absolute atomic E-state index is 0.106. The molecule has 162 valence electrons. The Balaban J connectivity index is 0.000000168. The number of carbonyl (C=O) groups is 1. The number of Topliss-reactive ketones (excluding diaryl/α,β-unsaturated/α-hetero) is 1. The van der Waals surface area contributed by atoms with Crippen LogP contribution < -0.4 is 0 Å². The van der Waals surface area contributed by atoms with Gasteiger partial charge in [-0.05, 0) is 75.3 Å². The third-order valence-corrected chi connectivity index (χ3v) is 7.11. The zero-order chi connectivity index (χ0) is 22.3. The molecule has 5 aromatic carbocycles. The monoisotopic (exact) mass is 422 g/mol. The van der Waals surface area contributed by atoms with Crippen molar-refractivity contribution in [2.24, 2.45) is 0 Å². The molecule has 1 aliphatic carbocycles. The number of hydrogen-bond donors (Lipinski definition) is 1. The zero-order valence-electron chi connectivity index (χ0n) is 18.9. The van der Waals surface area contributed by atoms with Gasteiger partial charge in [0.2, 0.25) is 0 Å². The van der Waals surface area contributed by atoms with Gasteiger partial charge >= 0.3 is 0 Å². The molecule has 0 heterocycles. The molecule has 32 heavy (non-hydrogen) atoms. The van der Waals surface area contributed by atoms with E-state index in [0.717, 1.165) is 25.7 Å². The molecule has 1 aliphatic rings. The van der Waals surface area contributed by atoms with Crippen molar-refractivity contribution in [3.63, 3.8) is 0 Å². The summed E-state index contributed by atoms with van der Waals surface area (Å²) in [6, 6.07) is 24.5. The molecule has 0 amide bonds. The molecule has 0 aliphatic heterocycles. The van der Waals surface area contributed by atoms with Crippen LogP contribution in [0, 0.1) is 6.92 Å². The summed E-state index contributed by atoms with van der Waals surface area (Å²) in [4.78, 5) is 10.8. The van der Waals surface area contributed by atoms with Crippen LogP contribution in [-0.4, -0.2) is 16.5 Å². The molecule has 1 N–H and O–H groups in total. The molecule has 1 saturated carbocycles. The third-order valence-electron chi connectivity index (χ3n) is 7.11. The van der Waals surface area contributed by atoms with Gasteiger partial charge in [0.15, 0.2) is 0 Å². The molecule has 0 saturated heterocycles. The van der Waals surface area contributed by atoms with Crippen molar-refractivity contribution < 1.29 is 9.90 Å². The molecular weight excluding hydrogens is 392 g/mol. The number of rotatable bonds is 2. The van der Waals surface area contributed by atoms with Gasteiger partial charge in [-0.1, -0.05) is 86.0 Å². The van der Waals surface area contributed by atoms with Gasteiger partial charge < -0.3 is 5.11 Å². The average molecular weight is 423 g/mol. The minimum atomic E-state index is -0.649. The summed E-state index contributed by atoms with van der Waals surface area (Å²) in [5.74, 6) is 0.106. The lowest BCUT2D eigenvalue weighted by Gasteiger charge is -2.30. The van der Waals surface area contributed by atoms with Crippen molar-refractivity contribution in [2.45, 2.75) is 58.0 Å². The fourth-order valence-corrected chi connectivity index (χ4v) is 5.64. The minimum Gasteiger partial charge on any atom is -0.389 e. The van der Waals surface area contributed by atoms with E-state index in [1.54, 1.807) is 6.92 Å². The van der Waals surface area contributed by atoms with E-state index in [9.17, 15) is 9.90 Å². The predicted octanol–water partition coefficient (Wildman–Crippen LogP) is 7.71. The highest BCUT2D eigenvalue weighted by atomic mass is 16.3. The highest BCUT2D eigenvalue weighted by molar-refractivity contribution is 6.33. The molecule has 0 radical (unpaired) electrons. The molecule has 0 aromatic heterocycles.